The summed E-state index contributed by atoms with van der Waals surface area (Å²) in [6.07, 6.45) is 1.60. The molecule has 1 aromatic heterocycles. The molecule has 0 radical (unpaired) electrons. The predicted molar refractivity (Wildman–Crippen MR) is 81.3 cm³/mol. The summed E-state index contributed by atoms with van der Waals surface area (Å²) >= 11 is 0. The number of hydrogen-bond acceptors (Lipinski definition) is 4. The minimum Gasteiger partial charge on any atom is -0.756 e. The van der Waals surface area contributed by atoms with Gasteiger partial charge in [0.2, 0.25) is 0 Å². The molecule has 122 valence electrons. The predicted octanol–water partition coefficient (Wildman–Crippen LogP) is 1.23. The quantitative estimate of drug-likeness (QED) is 0.451. The zero-order valence-electron chi connectivity index (χ0n) is 17.9. The van der Waals surface area contributed by atoms with Crippen molar-refractivity contribution in [2.75, 3.05) is 34.3 Å². The third-order valence-electron chi connectivity index (χ3n) is 3.18. The summed E-state index contributed by atoms with van der Waals surface area (Å²) in [5, 5.41) is 0.714. The van der Waals surface area contributed by atoms with E-state index in [4.69, 9.17) is 17.9 Å². The fraction of sp³-hybridized carbons (Fsp3) is 0.429. The number of phosphoric acid groups is 1. The zero-order chi connectivity index (χ0) is 21.4. The van der Waals surface area contributed by atoms with Crippen LogP contribution in [0.2, 0.25) is 0 Å². The number of hydrogen-bond donors (Lipinski definition) is 2. The summed E-state index contributed by atoms with van der Waals surface area (Å²) < 4.78 is 65.0. The third kappa shape index (κ3) is 4.56. The number of ether oxygens (including phenoxy) is 1. The number of methoxy groups -OCH3 is 1. The Balaban J connectivity index is 2.41. The van der Waals surface area contributed by atoms with Crippen LogP contribution in [0.4, 0.5) is 0 Å². The van der Waals surface area contributed by atoms with Crippen molar-refractivity contribution in [3.8, 4) is 5.75 Å². The third-order valence-corrected chi connectivity index (χ3v) is 3.62. The van der Waals surface area contributed by atoms with Gasteiger partial charge < -0.3 is 24.0 Å². The smallest absolute Gasteiger partial charge is 0.269 e. The molecule has 1 heterocycles. The molecule has 0 bridgehead atoms. The van der Waals surface area contributed by atoms with Crippen LogP contribution in [0.5, 0.6) is 5.75 Å². The summed E-state index contributed by atoms with van der Waals surface area (Å²) in [6, 6.07) is 5.21. The lowest BCUT2D eigenvalue weighted by atomic mass is 10.1. The molecule has 1 atom stereocenters. The first-order chi connectivity index (χ1) is 12.7. The second-order valence-electron chi connectivity index (χ2n) is 4.89. The number of quaternary nitrogens is 1. The maximum atomic E-state index is 11.0. The number of aromatic nitrogens is 1. The molecule has 1 unspecified atom stereocenters. The van der Waals surface area contributed by atoms with Crippen molar-refractivity contribution in [1.29, 1.82) is 0 Å². The molecule has 2 aromatic rings. The number of aromatic amines is 1. The van der Waals surface area contributed by atoms with E-state index >= 15 is 0 Å². The fourth-order valence-electron chi connectivity index (χ4n) is 2.04. The average molecular weight is 334 g/mol. The normalized spacial score (nSPS) is 20.1. The van der Waals surface area contributed by atoms with Crippen LogP contribution >= 0.6 is 7.82 Å². The van der Waals surface area contributed by atoms with Crippen LogP contribution < -0.4 is 9.63 Å². The highest BCUT2D eigenvalue weighted by Crippen LogP contribution is 2.31. The van der Waals surface area contributed by atoms with Crippen LogP contribution in [0.1, 0.15) is 13.8 Å². The fourth-order valence-corrected chi connectivity index (χ4v) is 2.38. The van der Waals surface area contributed by atoms with E-state index in [1.165, 1.54) is 7.11 Å². The Kier molecular flexibility index (Phi) is 3.03. The van der Waals surface area contributed by atoms with Gasteiger partial charge >= 0.3 is 0 Å². The van der Waals surface area contributed by atoms with Crippen molar-refractivity contribution in [3.05, 3.63) is 30.0 Å². The molecule has 0 aliphatic heterocycles. The van der Waals surface area contributed by atoms with Crippen molar-refractivity contribution < 1.29 is 36.3 Å². The average Bonchev–Trinajstić information content (AvgIpc) is 2.93. The molecule has 0 amide bonds. The van der Waals surface area contributed by atoms with E-state index in [9.17, 15) is 9.46 Å². The number of H-pyrrole nitrogens is 1. The van der Waals surface area contributed by atoms with Gasteiger partial charge in [0.25, 0.3) is 7.82 Å². The minimum absolute atomic E-state index is 0.0120. The first kappa shape index (κ1) is 10.4. The zero-order valence-corrected chi connectivity index (χ0v) is 12.8. The molecule has 2 N–H and O–H groups in total. The Morgan fingerprint density at radius 3 is 2.91 bits per heavy atom. The van der Waals surface area contributed by atoms with Crippen molar-refractivity contribution in [3.63, 3.8) is 0 Å². The maximum Gasteiger partial charge on any atom is 0.269 e. The molecule has 0 fully saturated rings. The van der Waals surface area contributed by atoms with Gasteiger partial charge in [0.15, 0.2) is 6.73 Å². The summed E-state index contributed by atoms with van der Waals surface area (Å²) in [5.74, 6) is 0.566. The highest BCUT2D eigenvalue weighted by atomic mass is 31.2. The molecular weight excluding hydrogens is 307 g/mol. The Morgan fingerprint density at radius 2 is 2.27 bits per heavy atom. The van der Waals surface area contributed by atoms with Crippen LogP contribution in [-0.4, -0.2) is 48.7 Å². The summed E-state index contributed by atoms with van der Waals surface area (Å²) in [4.78, 5) is 22.8. The molecule has 0 saturated heterocycles. The van der Waals surface area contributed by atoms with E-state index in [2.05, 4.69) is 9.51 Å². The molecule has 1 aromatic carbocycles. The first-order valence-electron chi connectivity index (χ1n) is 9.40. The Morgan fingerprint density at radius 1 is 1.50 bits per heavy atom. The van der Waals surface area contributed by atoms with Gasteiger partial charge in [-0.1, -0.05) is 0 Å². The SMILES string of the molecule is [2H]C([2H])([2H])[N+](CCc1c[nH]c2ccc(OC)cc12)(COP(=O)([O-])O)C([2H])([2H])[2H]. The Bertz CT molecular complexity index is 861. The van der Waals surface area contributed by atoms with Crippen LogP contribution in [0.3, 0.4) is 0 Å². The van der Waals surface area contributed by atoms with E-state index in [1.54, 1.807) is 24.4 Å². The summed E-state index contributed by atoms with van der Waals surface area (Å²) in [6.45, 7) is -8.01. The van der Waals surface area contributed by atoms with Crippen LogP contribution in [0, 0.1) is 0 Å². The standard InChI is InChI=1S/C14H21N2O5P/c1-16(2,10-21-22(17,18)19)7-6-11-9-15-14-5-4-12(20-3)8-13(11)14/h4-5,8-9,15H,6-7,10H2,1-3H3,(H-,17,18,19)/i1D3,2D3. The number of benzene rings is 1. The second kappa shape index (κ2) is 6.40. The molecule has 0 aliphatic carbocycles. The van der Waals surface area contributed by atoms with E-state index in [1.807, 2.05) is 0 Å². The van der Waals surface area contributed by atoms with Gasteiger partial charge in [-0.3, -0.25) is 9.09 Å². The summed E-state index contributed by atoms with van der Waals surface area (Å²) in [5.41, 5.74) is 1.37. The lowest BCUT2D eigenvalue weighted by molar-refractivity contribution is -0.906. The number of fused-ring (bicyclic) bond motifs is 1. The van der Waals surface area contributed by atoms with E-state index in [-0.39, 0.29) is 6.42 Å². The molecule has 2 rings (SSSR count). The Hall–Kier alpha value is -1.37. The van der Waals surface area contributed by atoms with E-state index < -0.39 is 39.5 Å². The molecule has 22 heavy (non-hydrogen) atoms. The number of likely N-dealkylation sites (N-methyl/N-ethyl adjacent to an activating group) is 1. The minimum atomic E-state index is -5.32. The monoisotopic (exact) mass is 334 g/mol. The van der Waals surface area contributed by atoms with Crippen molar-refractivity contribution in [2.45, 2.75) is 6.42 Å². The van der Waals surface area contributed by atoms with Crippen LogP contribution in [0.25, 0.3) is 10.9 Å². The maximum absolute atomic E-state index is 11.0. The number of rotatable bonds is 7. The van der Waals surface area contributed by atoms with Gasteiger partial charge in [0.1, 0.15) is 5.75 Å². The first-order valence-corrected chi connectivity index (χ1v) is 7.89. The Labute approximate surface area is 137 Å². The molecule has 0 aliphatic rings. The van der Waals surface area contributed by atoms with Crippen LogP contribution in [0.15, 0.2) is 24.4 Å². The van der Waals surface area contributed by atoms with Gasteiger partial charge in [0, 0.05) is 23.5 Å². The highest BCUT2D eigenvalue weighted by molar-refractivity contribution is 7.44. The molecule has 8 heteroatoms. The highest BCUT2D eigenvalue weighted by Gasteiger charge is 2.19. The van der Waals surface area contributed by atoms with Gasteiger partial charge in [-0.2, -0.15) is 0 Å². The largest absolute Gasteiger partial charge is 0.756 e. The van der Waals surface area contributed by atoms with Crippen molar-refractivity contribution >= 4 is 18.7 Å². The van der Waals surface area contributed by atoms with E-state index in [0.29, 0.717) is 16.7 Å². The number of nitrogens with zero attached hydrogens (tertiary/aromatic N) is 1. The molecular formula is C14H21N2O5P. The van der Waals surface area contributed by atoms with E-state index in [0.717, 1.165) is 5.52 Å². The second-order valence-corrected chi connectivity index (χ2v) is 6.09. The number of nitrogens with one attached hydrogen (secondary N) is 1. The molecule has 0 saturated carbocycles. The van der Waals surface area contributed by atoms with Gasteiger partial charge in [-0.15, -0.1) is 0 Å². The van der Waals surface area contributed by atoms with Gasteiger partial charge in [0.05, 0.1) is 35.8 Å². The van der Waals surface area contributed by atoms with Crippen LogP contribution in [-0.2, 0) is 15.5 Å². The van der Waals surface area contributed by atoms with Gasteiger partial charge in [-0.25, -0.2) is 0 Å². The molecule has 7 nitrogen and oxygen atoms in total. The summed E-state index contributed by atoms with van der Waals surface area (Å²) in [7, 11) is -3.83. The van der Waals surface area contributed by atoms with Crippen molar-refractivity contribution in [2.24, 2.45) is 0 Å². The lowest BCUT2D eigenvalue weighted by Gasteiger charge is -2.31. The number of phosphoric ester groups is 1. The molecule has 0 spiro atoms. The lowest BCUT2D eigenvalue weighted by Crippen LogP contribution is -2.43. The van der Waals surface area contributed by atoms with Crippen molar-refractivity contribution in [1.82, 2.24) is 4.98 Å². The van der Waals surface area contributed by atoms with Gasteiger partial charge in [-0.05, 0) is 23.8 Å². The topological polar surface area (TPSA) is 94.6 Å².